The van der Waals surface area contributed by atoms with Gasteiger partial charge in [0, 0.05) is 18.6 Å². The van der Waals surface area contributed by atoms with Gasteiger partial charge in [-0.2, -0.15) is 0 Å². The van der Waals surface area contributed by atoms with Crippen molar-refractivity contribution in [3.63, 3.8) is 0 Å². The van der Waals surface area contributed by atoms with Gasteiger partial charge in [0.1, 0.15) is 5.15 Å². The molecule has 4 heteroatoms. The van der Waals surface area contributed by atoms with E-state index in [1.54, 1.807) is 12.1 Å². The van der Waals surface area contributed by atoms with E-state index in [2.05, 4.69) is 4.98 Å². The maximum Gasteiger partial charge on any atom is 0.237 e. The molecule has 76 valence electrons. The van der Waals surface area contributed by atoms with Gasteiger partial charge in [-0.05, 0) is 13.0 Å². The number of alkyl halides is 1. The Morgan fingerprint density at radius 2 is 2.29 bits per heavy atom. The summed E-state index contributed by atoms with van der Waals surface area (Å²) in [5, 5.41) is 0.307. The van der Waals surface area contributed by atoms with Crippen LogP contribution in [-0.4, -0.2) is 11.3 Å². The number of ether oxygens (including phenoxy) is 1. The predicted molar refractivity (Wildman–Crippen MR) is 55.2 cm³/mol. The monoisotopic (exact) mass is 215 g/mol. The first-order chi connectivity index (χ1) is 6.63. The fourth-order valence-corrected chi connectivity index (χ4v) is 1.17. The molecule has 1 rings (SSSR count). The van der Waals surface area contributed by atoms with Gasteiger partial charge in [-0.1, -0.05) is 23.8 Å². The van der Waals surface area contributed by atoms with E-state index >= 15 is 0 Å². The van der Waals surface area contributed by atoms with Crippen LogP contribution in [0.3, 0.4) is 0 Å². The molecule has 0 aromatic carbocycles. The van der Waals surface area contributed by atoms with E-state index in [1.165, 1.54) is 6.92 Å². The van der Waals surface area contributed by atoms with Crippen molar-refractivity contribution in [3.05, 3.63) is 28.9 Å². The molecule has 0 spiro atoms. The van der Waals surface area contributed by atoms with Gasteiger partial charge in [0.2, 0.25) is 12.2 Å². The van der Waals surface area contributed by atoms with Crippen LogP contribution in [0.25, 0.3) is 6.08 Å². The van der Waals surface area contributed by atoms with E-state index in [9.17, 15) is 4.39 Å². The van der Waals surface area contributed by atoms with E-state index in [-0.39, 0.29) is 5.88 Å². The first-order valence-corrected chi connectivity index (χ1v) is 4.61. The van der Waals surface area contributed by atoms with Crippen LogP contribution in [0.1, 0.15) is 19.4 Å². The SMILES string of the molecule is C/C=C/c1ccc(OC(C)F)nc1Cl. The number of allylic oxidation sites excluding steroid dienone is 1. The van der Waals surface area contributed by atoms with E-state index < -0.39 is 6.36 Å². The summed E-state index contributed by atoms with van der Waals surface area (Å²) in [4.78, 5) is 3.88. The number of nitrogens with zero attached hydrogens (tertiary/aromatic N) is 1. The second-order valence-corrected chi connectivity index (χ2v) is 3.05. The minimum atomic E-state index is -1.38. The largest absolute Gasteiger partial charge is 0.444 e. The van der Waals surface area contributed by atoms with Gasteiger partial charge in [0.25, 0.3) is 0 Å². The van der Waals surface area contributed by atoms with Crippen molar-refractivity contribution in [2.75, 3.05) is 0 Å². The summed E-state index contributed by atoms with van der Waals surface area (Å²) in [5.74, 6) is 0.193. The van der Waals surface area contributed by atoms with Gasteiger partial charge in [0.05, 0.1) is 0 Å². The Morgan fingerprint density at radius 3 is 2.79 bits per heavy atom. The normalized spacial score (nSPS) is 13.1. The molecule has 14 heavy (non-hydrogen) atoms. The summed E-state index contributed by atoms with van der Waals surface area (Å²) >= 11 is 5.83. The van der Waals surface area contributed by atoms with Crippen LogP contribution in [0.4, 0.5) is 4.39 Å². The van der Waals surface area contributed by atoms with Crippen molar-refractivity contribution >= 4 is 17.7 Å². The third kappa shape index (κ3) is 3.00. The number of rotatable bonds is 3. The zero-order valence-electron chi connectivity index (χ0n) is 8.00. The molecule has 0 radical (unpaired) electrons. The second-order valence-electron chi connectivity index (χ2n) is 2.69. The summed E-state index contributed by atoms with van der Waals surface area (Å²) in [6, 6.07) is 3.31. The highest BCUT2D eigenvalue weighted by Crippen LogP contribution is 2.19. The lowest BCUT2D eigenvalue weighted by atomic mass is 10.2. The summed E-state index contributed by atoms with van der Waals surface area (Å²) in [6.45, 7) is 3.17. The third-order valence-corrected chi connectivity index (χ3v) is 1.78. The Kier molecular flexibility index (Phi) is 3.89. The number of hydrogen-bond acceptors (Lipinski definition) is 2. The van der Waals surface area contributed by atoms with Crippen LogP contribution in [0.15, 0.2) is 18.2 Å². The standard InChI is InChI=1S/C10H11ClFNO/c1-3-4-8-5-6-9(13-10(8)11)14-7(2)12/h3-7H,1-2H3/b4-3+. The highest BCUT2D eigenvalue weighted by molar-refractivity contribution is 6.30. The van der Waals surface area contributed by atoms with Gasteiger partial charge in [-0.15, -0.1) is 0 Å². The first-order valence-electron chi connectivity index (χ1n) is 4.23. The Hall–Kier alpha value is -1.09. The summed E-state index contributed by atoms with van der Waals surface area (Å²) in [6.07, 6.45) is 2.28. The second kappa shape index (κ2) is 4.96. The fourth-order valence-electron chi connectivity index (χ4n) is 0.964. The van der Waals surface area contributed by atoms with E-state index in [1.807, 2.05) is 19.1 Å². The molecule has 0 aliphatic heterocycles. The molecule has 0 N–H and O–H groups in total. The van der Waals surface area contributed by atoms with Crippen LogP contribution in [0.2, 0.25) is 5.15 Å². The van der Waals surface area contributed by atoms with Crippen LogP contribution < -0.4 is 4.74 Å². The maximum atomic E-state index is 12.4. The quantitative estimate of drug-likeness (QED) is 0.721. The number of aromatic nitrogens is 1. The summed E-state index contributed by atoms with van der Waals surface area (Å²) < 4.78 is 17.2. The molecule has 0 amide bonds. The summed E-state index contributed by atoms with van der Waals surface area (Å²) in [5.41, 5.74) is 0.785. The minimum Gasteiger partial charge on any atom is -0.444 e. The van der Waals surface area contributed by atoms with Crippen LogP contribution >= 0.6 is 11.6 Å². The molecule has 0 aliphatic carbocycles. The molecule has 1 unspecified atom stereocenters. The van der Waals surface area contributed by atoms with Crippen molar-refractivity contribution in [2.45, 2.75) is 20.2 Å². The smallest absolute Gasteiger partial charge is 0.237 e. The molecular formula is C10H11ClFNO. The molecule has 0 bridgehead atoms. The molecular weight excluding hydrogens is 205 g/mol. The van der Waals surface area contributed by atoms with Gasteiger partial charge < -0.3 is 4.74 Å². The minimum absolute atomic E-state index is 0.193. The number of hydrogen-bond donors (Lipinski definition) is 0. The van der Waals surface area contributed by atoms with Gasteiger partial charge in [0.15, 0.2) is 0 Å². The number of halogens is 2. The molecule has 0 fully saturated rings. The lowest BCUT2D eigenvalue weighted by Crippen LogP contribution is -2.05. The van der Waals surface area contributed by atoms with Gasteiger partial charge in [-0.3, -0.25) is 0 Å². The van der Waals surface area contributed by atoms with E-state index in [4.69, 9.17) is 16.3 Å². The van der Waals surface area contributed by atoms with Crippen molar-refractivity contribution in [2.24, 2.45) is 0 Å². The molecule has 2 nitrogen and oxygen atoms in total. The van der Waals surface area contributed by atoms with Crippen molar-refractivity contribution in [1.82, 2.24) is 4.98 Å². The average Bonchev–Trinajstić information content (AvgIpc) is 2.09. The molecule has 1 aromatic heterocycles. The third-order valence-electron chi connectivity index (χ3n) is 1.48. The van der Waals surface area contributed by atoms with Crippen molar-refractivity contribution < 1.29 is 9.13 Å². The van der Waals surface area contributed by atoms with Gasteiger partial charge in [-0.25, -0.2) is 9.37 Å². The highest BCUT2D eigenvalue weighted by atomic mass is 35.5. The lowest BCUT2D eigenvalue weighted by Gasteiger charge is -2.06. The Morgan fingerprint density at radius 1 is 1.57 bits per heavy atom. The molecule has 0 saturated heterocycles. The number of pyridine rings is 1. The van der Waals surface area contributed by atoms with Crippen LogP contribution in [0, 0.1) is 0 Å². The van der Waals surface area contributed by atoms with E-state index in [0.29, 0.717) is 5.15 Å². The Bertz CT molecular complexity index is 339. The lowest BCUT2D eigenvalue weighted by molar-refractivity contribution is 0.0810. The molecule has 1 aromatic rings. The Labute approximate surface area is 87.4 Å². The van der Waals surface area contributed by atoms with Crippen molar-refractivity contribution in [3.8, 4) is 5.88 Å². The molecule has 0 saturated carbocycles. The average molecular weight is 216 g/mol. The van der Waals surface area contributed by atoms with Crippen molar-refractivity contribution in [1.29, 1.82) is 0 Å². The maximum absolute atomic E-state index is 12.4. The first kappa shape index (κ1) is 11.0. The Balaban J connectivity index is 2.88. The molecule has 1 heterocycles. The zero-order valence-corrected chi connectivity index (χ0v) is 8.75. The topological polar surface area (TPSA) is 22.1 Å². The van der Waals surface area contributed by atoms with Gasteiger partial charge >= 0.3 is 0 Å². The molecule has 0 aliphatic rings. The summed E-state index contributed by atoms with van der Waals surface area (Å²) in [7, 11) is 0. The van der Waals surface area contributed by atoms with Crippen LogP contribution in [0.5, 0.6) is 5.88 Å². The fraction of sp³-hybridized carbons (Fsp3) is 0.300. The predicted octanol–water partition coefficient (Wildman–Crippen LogP) is 3.46. The molecule has 1 atom stereocenters. The zero-order chi connectivity index (χ0) is 10.6. The van der Waals surface area contributed by atoms with E-state index in [0.717, 1.165) is 5.56 Å². The highest BCUT2D eigenvalue weighted by Gasteiger charge is 2.04. The van der Waals surface area contributed by atoms with Crippen LogP contribution in [-0.2, 0) is 0 Å².